The lowest BCUT2D eigenvalue weighted by molar-refractivity contribution is -0.116. The van der Waals surface area contributed by atoms with E-state index in [4.69, 9.17) is 9.47 Å². The number of carbonyl (C=O) groups excluding carboxylic acids is 1. The van der Waals surface area contributed by atoms with Gasteiger partial charge in [0.1, 0.15) is 5.82 Å². The third-order valence-corrected chi connectivity index (χ3v) is 4.32. The molecule has 0 spiro atoms. The second-order valence-electron chi connectivity index (χ2n) is 5.85. The zero-order chi connectivity index (χ0) is 19.1. The van der Waals surface area contributed by atoms with Gasteiger partial charge in [0.05, 0.1) is 19.9 Å². The zero-order valence-electron chi connectivity index (χ0n) is 15.0. The highest BCUT2D eigenvalue weighted by molar-refractivity contribution is 9.10. The lowest BCUT2D eigenvalue weighted by Crippen LogP contribution is -2.24. The molecule has 26 heavy (non-hydrogen) atoms. The summed E-state index contributed by atoms with van der Waals surface area (Å²) >= 11 is 3.19. The van der Waals surface area contributed by atoms with Gasteiger partial charge in [0.25, 0.3) is 0 Å². The number of methoxy groups -OCH3 is 2. The molecule has 0 saturated heterocycles. The highest BCUT2D eigenvalue weighted by Crippen LogP contribution is 2.28. The molecule has 0 heterocycles. The van der Waals surface area contributed by atoms with Gasteiger partial charge >= 0.3 is 0 Å². The normalized spacial score (nSPS) is 10.7. The van der Waals surface area contributed by atoms with Gasteiger partial charge < -0.3 is 19.7 Å². The predicted molar refractivity (Wildman–Crippen MR) is 103 cm³/mol. The number of nitrogens with zero attached hydrogens (tertiary/aromatic N) is 1. The van der Waals surface area contributed by atoms with Crippen LogP contribution in [0.25, 0.3) is 0 Å². The number of anilines is 1. The van der Waals surface area contributed by atoms with E-state index in [1.54, 1.807) is 20.3 Å². The molecule has 0 saturated carbocycles. The summed E-state index contributed by atoms with van der Waals surface area (Å²) in [6.45, 7) is 1.19. The first-order valence-corrected chi connectivity index (χ1v) is 8.86. The van der Waals surface area contributed by atoms with E-state index in [9.17, 15) is 9.18 Å². The maximum Gasteiger partial charge on any atom is 0.225 e. The molecule has 0 fully saturated rings. The topological polar surface area (TPSA) is 50.8 Å². The summed E-state index contributed by atoms with van der Waals surface area (Å²) in [5.74, 6) is 0.647. The zero-order valence-corrected chi connectivity index (χ0v) is 16.6. The molecule has 0 bridgehead atoms. The van der Waals surface area contributed by atoms with Crippen LogP contribution in [0.2, 0.25) is 0 Å². The van der Waals surface area contributed by atoms with Gasteiger partial charge in [0.2, 0.25) is 5.91 Å². The van der Waals surface area contributed by atoms with Crippen molar-refractivity contribution in [2.45, 2.75) is 13.0 Å². The SMILES string of the molecule is COc1ccc(CN(C)CCC(=O)Nc2ccc(Br)cc2F)cc1OC. The molecule has 2 aromatic carbocycles. The molecule has 1 amide bonds. The highest BCUT2D eigenvalue weighted by atomic mass is 79.9. The average Bonchev–Trinajstić information content (AvgIpc) is 2.62. The third kappa shape index (κ3) is 5.71. The molecule has 2 rings (SSSR count). The molecule has 7 heteroatoms. The van der Waals surface area contributed by atoms with Crippen LogP contribution < -0.4 is 14.8 Å². The van der Waals surface area contributed by atoms with E-state index in [1.165, 1.54) is 12.1 Å². The second-order valence-corrected chi connectivity index (χ2v) is 6.77. The van der Waals surface area contributed by atoms with Crippen molar-refractivity contribution in [1.29, 1.82) is 0 Å². The Kier molecular flexibility index (Phi) is 7.41. The van der Waals surface area contributed by atoms with Crippen molar-refractivity contribution in [2.24, 2.45) is 0 Å². The summed E-state index contributed by atoms with van der Waals surface area (Å²) < 4.78 is 24.9. The van der Waals surface area contributed by atoms with Crippen LogP contribution >= 0.6 is 15.9 Å². The van der Waals surface area contributed by atoms with E-state index in [1.807, 2.05) is 30.1 Å². The first kappa shape index (κ1) is 20.2. The van der Waals surface area contributed by atoms with E-state index in [0.29, 0.717) is 29.1 Å². The molecule has 140 valence electrons. The summed E-state index contributed by atoms with van der Waals surface area (Å²) in [5, 5.41) is 2.59. The quantitative estimate of drug-likeness (QED) is 0.693. The van der Waals surface area contributed by atoms with Crippen LogP contribution in [-0.2, 0) is 11.3 Å². The largest absolute Gasteiger partial charge is 0.493 e. The van der Waals surface area contributed by atoms with Crippen molar-refractivity contribution in [2.75, 3.05) is 33.1 Å². The van der Waals surface area contributed by atoms with Crippen molar-refractivity contribution in [1.82, 2.24) is 4.90 Å². The fourth-order valence-corrected chi connectivity index (χ4v) is 2.80. The van der Waals surface area contributed by atoms with Crippen LogP contribution in [0.3, 0.4) is 0 Å². The monoisotopic (exact) mass is 424 g/mol. The number of nitrogens with one attached hydrogen (secondary N) is 1. The molecule has 0 atom stereocenters. The van der Waals surface area contributed by atoms with Crippen molar-refractivity contribution < 1.29 is 18.7 Å². The minimum Gasteiger partial charge on any atom is -0.493 e. The Morgan fingerprint density at radius 2 is 1.88 bits per heavy atom. The van der Waals surface area contributed by atoms with Crippen molar-refractivity contribution in [3.05, 3.63) is 52.3 Å². The van der Waals surface area contributed by atoms with Gasteiger partial charge in [-0.2, -0.15) is 0 Å². The van der Waals surface area contributed by atoms with Gasteiger partial charge in [0.15, 0.2) is 11.5 Å². The molecule has 0 aliphatic heterocycles. The van der Waals surface area contributed by atoms with Crippen molar-refractivity contribution in [3.8, 4) is 11.5 Å². The van der Waals surface area contributed by atoms with E-state index in [0.717, 1.165) is 5.56 Å². The number of amides is 1. The van der Waals surface area contributed by atoms with Gasteiger partial charge in [0, 0.05) is 24.0 Å². The van der Waals surface area contributed by atoms with Crippen LogP contribution in [0.5, 0.6) is 11.5 Å². The summed E-state index contributed by atoms with van der Waals surface area (Å²) in [6.07, 6.45) is 0.263. The first-order chi connectivity index (χ1) is 12.4. The maximum atomic E-state index is 13.8. The standard InChI is InChI=1S/C19H22BrFN2O3/c1-23(12-13-4-7-17(25-2)18(10-13)26-3)9-8-19(24)22-16-6-5-14(20)11-15(16)21/h4-7,10-11H,8-9,12H2,1-3H3,(H,22,24). The Bertz CT molecular complexity index is 770. The summed E-state index contributed by atoms with van der Waals surface area (Å²) in [6, 6.07) is 10.2. The predicted octanol–water partition coefficient (Wildman–Crippen LogP) is 4.07. The van der Waals surface area contributed by atoms with Crippen LogP contribution in [0, 0.1) is 5.82 Å². The number of rotatable bonds is 8. The Balaban J connectivity index is 1.86. The molecule has 2 aromatic rings. The lowest BCUT2D eigenvalue weighted by atomic mass is 10.2. The molecule has 0 aliphatic carbocycles. The fourth-order valence-electron chi connectivity index (χ4n) is 2.47. The molecule has 0 unspecified atom stereocenters. The van der Waals surface area contributed by atoms with Crippen molar-refractivity contribution >= 4 is 27.5 Å². The smallest absolute Gasteiger partial charge is 0.225 e. The van der Waals surface area contributed by atoms with Crippen LogP contribution in [0.1, 0.15) is 12.0 Å². The molecule has 0 radical (unpaired) electrons. The number of ether oxygens (including phenoxy) is 2. The number of hydrogen-bond acceptors (Lipinski definition) is 4. The lowest BCUT2D eigenvalue weighted by Gasteiger charge is -2.17. The fraction of sp³-hybridized carbons (Fsp3) is 0.316. The van der Waals surface area contributed by atoms with Gasteiger partial charge in [-0.05, 0) is 42.9 Å². The maximum absolute atomic E-state index is 13.8. The first-order valence-electron chi connectivity index (χ1n) is 8.07. The van der Waals surface area contributed by atoms with E-state index >= 15 is 0 Å². The number of benzene rings is 2. The molecule has 5 nitrogen and oxygen atoms in total. The Labute approximate surface area is 161 Å². The van der Waals surface area contributed by atoms with E-state index in [-0.39, 0.29) is 18.0 Å². The minimum absolute atomic E-state index is 0.181. The molecule has 0 aromatic heterocycles. The summed E-state index contributed by atoms with van der Waals surface area (Å²) in [4.78, 5) is 14.1. The minimum atomic E-state index is -0.466. The van der Waals surface area contributed by atoms with E-state index < -0.39 is 5.82 Å². The number of hydrogen-bond donors (Lipinski definition) is 1. The van der Waals surface area contributed by atoms with Crippen LogP contribution in [0.4, 0.5) is 10.1 Å². The Morgan fingerprint density at radius 1 is 1.15 bits per heavy atom. The molecule has 0 aliphatic rings. The number of carbonyl (C=O) groups is 1. The van der Waals surface area contributed by atoms with Gasteiger partial charge in [-0.25, -0.2) is 4.39 Å². The Hall–Kier alpha value is -2.12. The van der Waals surface area contributed by atoms with Gasteiger partial charge in [-0.3, -0.25) is 4.79 Å². The van der Waals surface area contributed by atoms with Crippen LogP contribution in [-0.4, -0.2) is 38.6 Å². The molecular formula is C19H22BrFN2O3. The Morgan fingerprint density at radius 3 is 2.54 bits per heavy atom. The molecular weight excluding hydrogens is 403 g/mol. The second kappa shape index (κ2) is 9.54. The third-order valence-electron chi connectivity index (χ3n) is 3.83. The summed E-state index contributed by atoms with van der Waals surface area (Å²) in [7, 11) is 5.11. The molecule has 1 N–H and O–H groups in total. The number of halogens is 2. The van der Waals surface area contributed by atoms with Gasteiger partial charge in [-0.15, -0.1) is 0 Å². The van der Waals surface area contributed by atoms with Crippen LogP contribution in [0.15, 0.2) is 40.9 Å². The summed E-state index contributed by atoms with van der Waals surface area (Å²) in [5.41, 5.74) is 1.23. The van der Waals surface area contributed by atoms with E-state index in [2.05, 4.69) is 21.2 Å². The van der Waals surface area contributed by atoms with Gasteiger partial charge in [-0.1, -0.05) is 22.0 Å². The highest BCUT2D eigenvalue weighted by Gasteiger charge is 2.10. The van der Waals surface area contributed by atoms with Crippen molar-refractivity contribution in [3.63, 3.8) is 0 Å². The average molecular weight is 425 g/mol.